The van der Waals surface area contributed by atoms with E-state index in [1.54, 1.807) is 0 Å². The van der Waals surface area contributed by atoms with E-state index < -0.39 is 0 Å². The summed E-state index contributed by atoms with van der Waals surface area (Å²) in [5.74, 6) is 0.529. The van der Waals surface area contributed by atoms with Crippen molar-refractivity contribution in [3.05, 3.63) is 59.7 Å². The van der Waals surface area contributed by atoms with E-state index in [0.717, 1.165) is 25.8 Å². The largest absolute Gasteiger partial charge is 0.313 e. The zero-order chi connectivity index (χ0) is 14.5. The summed E-state index contributed by atoms with van der Waals surface area (Å²) in [5.41, 5.74) is 4.09. The highest BCUT2D eigenvalue weighted by molar-refractivity contribution is 5.30. The molecule has 0 aliphatic heterocycles. The van der Waals surface area contributed by atoms with Crippen molar-refractivity contribution in [2.45, 2.75) is 44.6 Å². The van der Waals surface area contributed by atoms with Gasteiger partial charge >= 0.3 is 0 Å². The lowest BCUT2D eigenvalue weighted by molar-refractivity contribution is 0.421. The van der Waals surface area contributed by atoms with Gasteiger partial charge in [0.25, 0.3) is 0 Å². The molecule has 1 aliphatic carbocycles. The number of nitrogens with zero attached hydrogens (tertiary/aromatic N) is 2. The molecule has 2 unspecified atom stereocenters. The number of rotatable bonds is 6. The van der Waals surface area contributed by atoms with Gasteiger partial charge in [-0.05, 0) is 61.6 Å². The molecule has 1 N–H and O–H groups in total. The Labute approximate surface area is 126 Å². The van der Waals surface area contributed by atoms with E-state index in [4.69, 9.17) is 0 Å². The lowest BCUT2D eigenvalue weighted by atomic mass is 9.91. The average molecular weight is 281 g/mol. The van der Waals surface area contributed by atoms with Crippen molar-refractivity contribution >= 4 is 0 Å². The Hall–Kier alpha value is -1.74. The van der Waals surface area contributed by atoms with Crippen LogP contribution >= 0.6 is 0 Å². The number of hydrogen-bond acceptors (Lipinski definition) is 3. The summed E-state index contributed by atoms with van der Waals surface area (Å²) in [6, 6.07) is 8.98. The first-order valence-corrected chi connectivity index (χ1v) is 7.94. The Bertz CT molecular complexity index is 568. The van der Waals surface area contributed by atoms with Gasteiger partial charge in [-0.15, -0.1) is 0 Å². The van der Waals surface area contributed by atoms with E-state index in [0.29, 0.717) is 12.0 Å². The van der Waals surface area contributed by atoms with Crippen molar-refractivity contribution in [2.75, 3.05) is 6.54 Å². The maximum atomic E-state index is 4.66. The summed E-state index contributed by atoms with van der Waals surface area (Å²) in [6.07, 6.45) is 10.3. The molecule has 0 saturated carbocycles. The van der Waals surface area contributed by atoms with Crippen molar-refractivity contribution in [1.29, 1.82) is 0 Å². The first-order valence-electron chi connectivity index (χ1n) is 7.94. The molecule has 0 fully saturated rings. The van der Waals surface area contributed by atoms with Crippen molar-refractivity contribution in [1.82, 2.24) is 15.3 Å². The van der Waals surface area contributed by atoms with Crippen LogP contribution in [0.25, 0.3) is 0 Å². The minimum atomic E-state index is 0.462. The van der Waals surface area contributed by atoms with Crippen LogP contribution < -0.4 is 5.32 Å². The molecule has 2 aromatic heterocycles. The second-order valence-electron chi connectivity index (χ2n) is 5.81. The number of aromatic nitrogens is 2. The molecule has 0 bridgehead atoms. The van der Waals surface area contributed by atoms with Crippen LogP contribution in [0.15, 0.2) is 42.9 Å². The molecule has 110 valence electrons. The molecular weight excluding hydrogens is 258 g/mol. The van der Waals surface area contributed by atoms with Crippen molar-refractivity contribution in [3.8, 4) is 0 Å². The molecule has 0 saturated heterocycles. The van der Waals surface area contributed by atoms with Gasteiger partial charge < -0.3 is 5.32 Å². The van der Waals surface area contributed by atoms with Crippen LogP contribution in [0.1, 0.15) is 42.5 Å². The van der Waals surface area contributed by atoms with Gasteiger partial charge in [0.15, 0.2) is 0 Å². The summed E-state index contributed by atoms with van der Waals surface area (Å²) in [4.78, 5) is 8.77. The zero-order valence-electron chi connectivity index (χ0n) is 12.6. The molecule has 0 radical (unpaired) electrons. The molecule has 0 aromatic carbocycles. The number of pyridine rings is 2. The topological polar surface area (TPSA) is 37.8 Å². The van der Waals surface area contributed by atoms with Gasteiger partial charge in [0.1, 0.15) is 0 Å². The Kier molecular flexibility index (Phi) is 4.61. The monoisotopic (exact) mass is 281 g/mol. The van der Waals surface area contributed by atoms with Crippen LogP contribution in [0.5, 0.6) is 0 Å². The molecule has 0 amide bonds. The lowest BCUT2D eigenvalue weighted by Gasteiger charge is -2.25. The summed E-state index contributed by atoms with van der Waals surface area (Å²) >= 11 is 0. The third-order valence-electron chi connectivity index (χ3n) is 4.35. The molecule has 21 heavy (non-hydrogen) atoms. The predicted molar refractivity (Wildman–Crippen MR) is 85.3 cm³/mol. The van der Waals surface area contributed by atoms with Gasteiger partial charge in [0, 0.05) is 36.2 Å². The van der Waals surface area contributed by atoms with Gasteiger partial charge in [-0.2, -0.15) is 0 Å². The van der Waals surface area contributed by atoms with Gasteiger partial charge in [0.2, 0.25) is 0 Å². The number of hydrogen-bond donors (Lipinski definition) is 1. The minimum Gasteiger partial charge on any atom is -0.313 e. The molecule has 0 spiro atoms. The van der Waals surface area contributed by atoms with Crippen LogP contribution in [0.4, 0.5) is 0 Å². The second-order valence-corrected chi connectivity index (χ2v) is 5.81. The standard InChI is InChI=1S/C18H23N3/c1-2-9-20-17(13-14-7-11-19-12-8-14)16-6-5-15-4-3-10-21-18(15)16/h3-4,7-8,10-12,16-17,20H,2,5-6,9,13H2,1H3. The molecular formula is C18H23N3. The van der Waals surface area contributed by atoms with Crippen molar-refractivity contribution < 1.29 is 0 Å². The van der Waals surface area contributed by atoms with Crippen LogP contribution in [0.3, 0.4) is 0 Å². The highest BCUT2D eigenvalue weighted by Crippen LogP contribution is 2.34. The molecule has 3 nitrogen and oxygen atoms in total. The maximum absolute atomic E-state index is 4.66. The Morgan fingerprint density at radius 1 is 1.24 bits per heavy atom. The van der Waals surface area contributed by atoms with Crippen LogP contribution in [-0.4, -0.2) is 22.6 Å². The number of nitrogens with one attached hydrogen (secondary N) is 1. The Morgan fingerprint density at radius 3 is 2.90 bits per heavy atom. The van der Waals surface area contributed by atoms with E-state index in [1.165, 1.54) is 23.2 Å². The van der Waals surface area contributed by atoms with E-state index in [2.05, 4.69) is 46.5 Å². The fraction of sp³-hybridized carbons (Fsp3) is 0.444. The van der Waals surface area contributed by atoms with Gasteiger partial charge in [-0.3, -0.25) is 9.97 Å². The SMILES string of the molecule is CCCNC(Cc1ccncc1)C1CCc2cccnc21. The van der Waals surface area contributed by atoms with E-state index >= 15 is 0 Å². The van der Waals surface area contributed by atoms with Crippen LogP contribution in [-0.2, 0) is 12.8 Å². The third kappa shape index (κ3) is 3.30. The summed E-state index contributed by atoms with van der Waals surface area (Å²) in [5, 5.41) is 3.74. The normalized spacial score (nSPS) is 18.4. The highest BCUT2D eigenvalue weighted by Gasteiger charge is 2.30. The molecule has 2 heterocycles. The van der Waals surface area contributed by atoms with E-state index in [-0.39, 0.29) is 0 Å². The van der Waals surface area contributed by atoms with E-state index in [9.17, 15) is 0 Å². The summed E-state index contributed by atoms with van der Waals surface area (Å²) < 4.78 is 0. The van der Waals surface area contributed by atoms with Gasteiger partial charge in [-0.25, -0.2) is 0 Å². The van der Waals surface area contributed by atoms with Crippen molar-refractivity contribution in [2.24, 2.45) is 0 Å². The quantitative estimate of drug-likeness (QED) is 0.884. The van der Waals surface area contributed by atoms with Gasteiger partial charge in [-0.1, -0.05) is 13.0 Å². The Morgan fingerprint density at radius 2 is 2.10 bits per heavy atom. The molecule has 1 aliphatic rings. The first kappa shape index (κ1) is 14.2. The number of aryl methyl sites for hydroxylation is 1. The molecule has 2 aromatic rings. The van der Waals surface area contributed by atoms with Crippen molar-refractivity contribution in [3.63, 3.8) is 0 Å². The average Bonchev–Trinajstić information content (AvgIpc) is 2.96. The fourth-order valence-corrected chi connectivity index (χ4v) is 3.29. The number of fused-ring (bicyclic) bond motifs is 1. The molecule has 2 atom stereocenters. The predicted octanol–water partition coefficient (Wildman–Crippen LogP) is 3.12. The smallest absolute Gasteiger partial charge is 0.0482 e. The maximum Gasteiger partial charge on any atom is 0.0482 e. The lowest BCUT2D eigenvalue weighted by Crippen LogP contribution is -2.37. The first-order chi connectivity index (χ1) is 10.4. The molecule has 3 heteroatoms. The summed E-state index contributed by atoms with van der Waals surface area (Å²) in [7, 11) is 0. The highest BCUT2D eigenvalue weighted by atomic mass is 14.9. The summed E-state index contributed by atoms with van der Waals surface area (Å²) in [6.45, 7) is 3.28. The van der Waals surface area contributed by atoms with Crippen LogP contribution in [0.2, 0.25) is 0 Å². The minimum absolute atomic E-state index is 0.462. The van der Waals surface area contributed by atoms with E-state index in [1.807, 2.05) is 18.6 Å². The third-order valence-corrected chi connectivity index (χ3v) is 4.35. The molecule has 3 rings (SSSR count). The zero-order valence-corrected chi connectivity index (χ0v) is 12.6. The second kappa shape index (κ2) is 6.81. The van der Waals surface area contributed by atoms with Crippen LogP contribution in [0, 0.1) is 0 Å². The van der Waals surface area contributed by atoms with Gasteiger partial charge in [0.05, 0.1) is 0 Å². The fourth-order valence-electron chi connectivity index (χ4n) is 3.29. The Balaban J connectivity index is 1.80.